The molecule has 0 aliphatic carbocycles. The van der Waals surface area contributed by atoms with E-state index in [0.717, 1.165) is 62.8 Å². The Morgan fingerprint density at radius 3 is 2.31 bits per heavy atom. The van der Waals surface area contributed by atoms with Gasteiger partial charge in [0.2, 0.25) is 0 Å². The average Bonchev–Trinajstić information content (AvgIpc) is 2.86. The molecule has 2 aliphatic heterocycles. The summed E-state index contributed by atoms with van der Waals surface area (Å²) in [5.74, 6) is 2.70. The normalized spacial score (nSPS) is 18.9. The van der Waals surface area contributed by atoms with Gasteiger partial charge in [0, 0.05) is 57.2 Å². The van der Waals surface area contributed by atoms with Crippen LogP contribution in [-0.2, 0) is 13.1 Å². The van der Waals surface area contributed by atoms with Crippen molar-refractivity contribution >= 4 is 12.4 Å². The SMILES string of the molecule is COc1cc(CN2Cc3ccccc3OC3(CCN(C)CC3)C2)cc(OC)c1.Cl. The molecule has 4 rings (SSSR count). The lowest BCUT2D eigenvalue weighted by Gasteiger charge is -2.42. The van der Waals surface area contributed by atoms with Crippen molar-refractivity contribution in [1.82, 2.24) is 9.80 Å². The van der Waals surface area contributed by atoms with Crippen LogP contribution in [0.5, 0.6) is 17.2 Å². The zero-order valence-corrected chi connectivity index (χ0v) is 18.3. The maximum atomic E-state index is 6.67. The van der Waals surface area contributed by atoms with E-state index < -0.39 is 0 Å². The molecule has 1 saturated heterocycles. The van der Waals surface area contributed by atoms with Gasteiger partial charge in [-0.15, -0.1) is 12.4 Å². The molecular weight excluding hydrogens is 388 g/mol. The molecule has 0 unspecified atom stereocenters. The van der Waals surface area contributed by atoms with Crippen molar-refractivity contribution in [2.45, 2.75) is 31.5 Å². The number of rotatable bonds is 4. The van der Waals surface area contributed by atoms with Crippen LogP contribution in [0, 0.1) is 0 Å². The Morgan fingerprint density at radius 1 is 1.00 bits per heavy atom. The second-order valence-corrected chi connectivity index (χ2v) is 8.06. The van der Waals surface area contributed by atoms with Crippen LogP contribution < -0.4 is 14.2 Å². The van der Waals surface area contributed by atoms with E-state index in [4.69, 9.17) is 14.2 Å². The van der Waals surface area contributed by atoms with Crippen molar-refractivity contribution in [2.24, 2.45) is 0 Å². The molecule has 2 aromatic carbocycles. The van der Waals surface area contributed by atoms with Crippen molar-refractivity contribution in [3.63, 3.8) is 0 Å². The summed E-state index contributed by atoms with van der Waals surface area (Å²) < 4.78 is 17.6. The molecule has 2 aliphatic rings. The molecule has 0 amide bonds. The molecule has 158 valence electrons. The van der Waals surface area contributed by atoms with Gasteiger partial charge in [-0.25, -0.2) is 0 Å². The van der Waals surface area contributed by atoms with Gasteiger partial charge < -0.3 is 19.1 Å². The molecule has 1 fully saturated rings. The lowest BCUT2D eigenvalue weighted by Crippen LogP contribution is -2.52. The Morgan fingerprint density at radius 2 is 1.66 bits per heavy atom. The van der Waals surface area contributed by atoms with Crippen LogP contribution >= 0.6 is 12.4 Å². The van der Waals surface area contributed by atoms with Crippen molar-refractivity contribution in [3.05, 3.63) is 53.6 Å². The molecule has 0 aromatic heterocycles. The van der Waals surface area contributed by atoms with E-state index in [0.29, 0.717) is 0 Å². The summed E-state index contributed by atoms with van der Waals surface area (Å²) in [6.07, 6.45) is 2.10. The van der Waals surface area contributed by atoms with Crippen LogP contribution in [-0.4, -0.2) is 56.3 Å². The molecule has 6 heteroatoms. The van der Waals surface area contributed by atoms with Crippen LogP contribution in [0.25, 0.3) is 0 Å². The molecule has 0 saturated carbocycles. The quantitative estimate of drug-likeness (QED) is 0.750. The summed E-state index contributed by atoms with van der Waals surface area (Å²) in [4.78, 5) is 4.90. The topological polar surface area (TPSA) is 34.2 Å². The summed E-state index contributed by atoms with van der Waals surface area (Å²) in [5, 5.41) is 0. The number of fused-ring (bicyclic) bond motifs is 1. The van der Waals surface area contributed by atoms with Gasteiger partial charge in [0.05, 0.1) is 14.2 Å². The number of para-hydroxylation sites is 1. The largest absolute Gasteiger partial charge is 0.497 e. The van der Waals surface area contributed by atoms with Crippen LogP contribution in [0.15, 0.2) is 42.5 Å². The van der Waals surface area contributed by atoms with Crippen molar-refractivity contribution in [1.29, 1.82) is 0 Å². The number of ether oxygens (including phenoxy) is 3. The number of hydrogen-bond donors (Lipinski definition) is 0. The first-order chi connectivity index (χ1) is 13.6. The highest BCUT2D eigenvalue weighted by Gasteiger charge is 2.40. The smallest absolute Gasteiger partial charge is 0.124 e. The van der Waals surface area contributed by atoms with E-state index in [9.17, 15) is 0 Å². The van der Waals surface area contributed by atoms with Gasteiger partial charge in [-0.05, 0) is 30.8 Å². The Hall–Kier alpha value is -1.95. The van der Waals surface area contributed by atoms with E-state index in [1.54, 1.807) is 14.2 Å². The number of benzene rings is 2. The Labute approximate surface area is 180 Å². The first-order valence-corrected chi connectivity index (χ1v) is 9.99. The summed E-state index contributed by atoms with van der Waals surface area (Å²) >= 11 is 0. The number of nitrogens with zero attached hydrogens (tertiary/aromatic N) is 2. The summed E-state index contributed by atoms with van der Waals surface area (Å²) in [5.41, 5.74) is 2.33. The lowest BCUT2D eigenvalue weighted by atomic mass is 9.90. The summed E-state index contributed by atoms with van der Waals surface area (Å²) in [7, 11) is 5.59. The number of piperidine rings is 1. The van der Waals surface area contributed by atoms with Crippen LogP contribution in [0.4, 0.5) is 0 Å². The zero-order valence-electron chi connectivity index (χ0n) is 17.5. The van der Waals surface area contributed by atoms with Gasteiger partial charge >= 0.3 is 0 Å². The second-order valence-electron chi connectivity index (χ2n) is 8.06. The van der Waals surface area contributed by atoms with Crippen molar-refractivity contribution in [3.8, 4) is 17.2 Å². The van der Waals surface area contributed by atoms with Gasteiger partial charge in [-0.3, -0.25) is 4.90 Å². The van der Waals surface area contributed by atoms with E-state index in [1.165, 1.54) is 11.1 Å². The maximum Gasteiger partial charge on any atom is 0.124 e. The molecule has 29 heavy (non-hydrogen) atoms. The fourth-order valence-electron chi connectivity index (χ4n) is 4.32. The first-order valence-electron chi connectivity index (χ1n) is 9.99. The molecule has 1 spiro atoms. The third-order valence-corrected chi connectivity index (χ3v) is 5.92. The molecule has 0 atom stereocenters. The lowest BCUT2D eigenvalue weighted by molar-refractivity contribution is -0.0146. The third-order valence-electron chi connectivity index (χ3n) is 5.92. The minimum absolute atomic E-state index is 0. The van der Waals surface area contributed by atoms with Crippen molar-refractivity contribution < 1.29 is 14.2 Å². The molecule has 0 N–H and O–H groups in total. The van der Waals surface area contributed by atoms with Gasteiger partial charge in [-0.2, -0.15) is 0 Å². The third kappa shape index (κ3) is 4.97. The van der Waals surface area contributed by atoms with Crippen molar-refractivity contribution in [2.75, 3.05) is 40.9 Å². The predicted octanol–water partition coefficient (Wildman–Crippen LogP) is 3.98. The number of likely N-dealkylation sites (tertiary alicyclic amines) is 1. The van der Waals surface area contributed by atoms with Gasteiger partial charge in [0.1, 0.15) is 22.8 Å². The average molecular weight is 419 g/mol. The summed E-state index contributed by atoms with van der Waals surface area (Å²) in [6, 6.07) is 14.6. The summed E-state index contributed by atoms with van der Waals surface area (Å²) in [6.45, 7) is 4.79. The molecule has 2 aromatic rings. The van der Waals surface area contributed by atoms with E-state index in [2.05, 4.69) is 53.2 Å². The minimum atomic E-state index is -0.123. The van der Waals surface area contributed by atoms with Gasteiger partial charge in [0.25, 0.3) is 0 Å². The van der Waals surface area contributed by atoms with Crippen LogP contribution in [0.3, 0.4) is 0 Å². The Kier molecular flexibility index (Phi) is 6.93. The molecule has 0 bridgehead atoms. The predicted molar refractivity (Wildman–Crippen MR) is 117 cm³/mol. The second kappa shape index (κ2) is 9.24. The maximum absolute atomic E-state index is 6.67. The zero-order chi connectivity index (χ0) is 19.6. The fourth-order valence-corrected chi connectivity index (χ4v) is 4.32. The van der Waals surface area contributed by atoms with Crippen LogP contribution in [0.1, 0.15) is 24.0 Å². The Bertz CT molecular complexity index is 799. The van der Waals surface area contributed by atoms with E-state index in [-0.39, 0.29) is 18.0 Å². The highest BCUT2D eigenvalue weighted by molar-refractivity contribution is 5.85. The van der Waals surface area contributed by atoms with Crippen LogP contribution in [0.2, 0.25) is 0 Å². The molecule has 0 radical (unpaired) electrons. The highest BCUT2D eigenvalue weighted by atomic mass is 35.5. The highest BCUT2D eigenvalue weighted by Crippen LogP contribution is 2.36. The van der Waals surface area contributed by atoms with Gasteiger partial charge in [-0.1, -0.05) is 18.2 Å². The number of methoxy groups -OCH3 is 2. The standard InChI is InChI=1S/C23H30N2O3.ClH/c1-24-10-8-23(9-11-24)17-25(16-19-6-4-5-7-22(19)28-23)15-18-12-20(26-2)14-21(13-18)27-3;/h4-7,12-14H,8-11,15-17H2,1-3H3;1H. The van der Waals surface area contributed by atoms with Gasteiger partial charge in [0.15, 0.2) is 0 Å². The fraction of sp³-hybridized carbons (Fsp3) is 0.478. The van der Waals surface area contributed by atoms with E-state index >= 15 is 0 Å². The number of halogens is 1. The minimum Gasteiger partial charge on any atom is -0.497 e. The molecule has 5 nitrogen and oxygen atoms in total. The monoisotopic (exact) mass is 418 g/mol. The molecular formula is C23H31ClN2O3. The first kappa shape index (κ1) is 21.8. The number of hydrogen-bond acceptors (Lipinski definition) is 5. The Balaban J connectivity index is 0.00000240. The van der Waals surface area contributed by atoms with E-state index in [1.807, 2.05) is 6.07 Å². The molecule has 2 heterocycles.